The maximum Gasteiger partial charge on any atom is 0.178 e. The van der Waals surface area contributed by atoms with Crippen molar-refractivity contribution < 1.29 is 8.42 Å². The van der Waals surface area contributed by atoms with Crippen LogP contribution in [0.5, 0.6) is 0 Å². The van der Waals surface area contributed by atoms with E-state index in [0.717, 1.165) is 0 Å². The Morgan fingerprint density at radius 2 is 2.00 bits per heavy atom. The molecule has 0 aliphatic carbocycles. The molecular formula is C11H16ClNO2S. The molecule has 16 heavy (non-hydrogen) atoms. The highest BCUT2D eigenvalue weighted by Crippen LogP contribution is 2.18. The number of sulfone groups is 1. The van der Waals surface area contributed by atoms with E-state index >= 15 is 0 Å². The predicted molar refractivity (Wildman–Crippen MR) is 66.4 cm³/mol. The molecule has 0 bridgehead atoms. The third-order valence-corrected chi connectivity index (χ3v) is 4.12. The topological polar surface area (TPSA) is 60.2 Å². The third kappa shape index (κ3) is 4.12. The Hall–Kier alpha value is -0.580. The van der Waals surface area contributed by atoms with E-state index in [1.165, 1.54) is 6.07 Å². The van der Waals surface area contributed by atoms with Crippen LogP contribution in [0.25, 0.3) is 0 Å². The Labute approximate surface area is 102 Å². The van der Waals surface area contributed by atoms with Gasteiger partial charge in [-0.1, -0.05) is 17.7 Å². The van der Waals surface area contributed by atoms with E-state index in [1.807, 2.05) is 0 Å². The van der Waals surface area contributed by atoms with Gasteiger partial charge in [-0.3, -0.25) is 0 Å². The second-order valence-corrected chi connectivity index (χ2v) is 7.06. The van der Waals surface area contributed by atoms with Gasteiger partial charge < -0.3 is 5.73 Å². The van der Waals surface area contributed by atoms with Crippen molar-refractivity contribution in [1.29, 1.82) is 0 Å². The van der Waals surface area contributed by atoms with E-state index in [1.54, 1.807) is 32.0 Å². The number of hydrogen-bond acceptors (Lipinski definition) is 3. The standard InChI is InChI=1S/C11H16ClNO2S/c1-11(2,13)6-7-16(14,15)10-5-3-4-9(12)8-10/h3-5,8H,6-7,13H2,1-2H3. The number of nitrogens with two attached hydrogens (primary N) is 1. The molecule has 5 heteroatoms. The van der Waals surface area contributed by atoms with Gasteiger partial charge in [-0.2, -0.15) is 0 Å². The normalized spacial score (nSPS) is 12.8. The van der Waals surface area contributed by atoms with Gasteiger partial charge in [-0.15, -0.1) is 0 Å². The van der Waals surface area contributed by atoms with Gasteiger partial charge in [0.1, 0.15) is 0 Å². The fourth-order valence-electron chi connectivity index (χ4n) is 1.18. The molecule has 0 saturated heterocycles. The molecule has 0 atom stereocenters. The van der Waals surface area contributed by atoms with E-state index in [4.69, 9.17) is 17.3 Å². The fourth-order valence-corrected chi connectivity index (χ4v) is 3.05. The van der Waals surface area contributed by atoms with Gasteiger partial charge in [0.05, 0.1) is 10.6 Å². The van der Waals surface area contributed by atoms with Crippen molar-refractivity contribution in [3.05, 3.63) is 29.3 Å². The summed E-state index contributed by atoms with van der Waals surface area (Å²) in [4.78, 5) is 0.254. The van der Waals surface area contributed by atoms with Crippen LogP contribution < -0.4 is 5.73 Å². The molecule has 0 amide bonds. The second-order valence-electron chi connectivity index (χ2n) is 4.51. The molecule has 0 fully saturated rings. The smallest absolute Gasteiger partial charge is 0.178 e. The highest BCUT2D eigenvalue weighted by Gasteiger charge is 2.19. The maximum absolute atomic E-state index is 11.9. The Bertz CT molecular complexity index is 463. The van der Waals surface area contributed by atoms with Crippen molar-refractivity contribution in [1.82, 2.24) is 0 Å². The van der Waals surface area contributed by atoms with Crippen LogP contribution in [0.2, 0.25) is 5.02 Å². The molecular weight excluding hydrogens is 246 g/mol. The summed E-state index contributed by atoms with van der Waals surface area (Å²) in [6, 6.07) is 6.28. The highest BCUT2D eigenvalue weighted by molar-refractivity contribution is 7.91. The van der Waals surface area contributed by atoms with Gasteiger partial charge in [-0.05, 0) is 38.5 Å². The van der Waals surface area contributed by atoms with Crippen molar-refractivity contribution in [2.45, 2.75) is 30.7 Å². The SMILES string of the molecule is CC(C)(N)CCS(=O)(=O)c1cccc(Cl)c1. The van der Waals surface area contributed by atoms with Crippen molar-refractivity contribution in [3.8, 4) is 0 Å². The summed E-state index contributed by atoms with van der Waals surface area (Å²) >= 11 is 5.75. The first kappa shape index (κ1) is 13.5. The highest BCUT2D eigenvalue weighted by atomic mass is 35.5. The van der Waals surface area contributed by atoms with Gasteiger partial charge in [0.15, 0.2) is 9.84 Å². The molecule has 0 heterocycles. The van der Waals surface area contributed by atoms with Crippen molar-refractivity contribution >= 4 is 21.4 Å². The Kier molecular flexibility index (Phi) is 3.99. The van der Waals surface area contributed by atoms with Crippen LogP contribution in [0.4, 0.5) is 0 Å². The van der Waals surface area contributed by atoms with Gasteiger partial charge in [-0.25, -0.2) is 8.42 Å². The quantitative estimate of drug-likeness (QED) is 0.904. The van der Waals surface area contributed by atoms with E-state index in [-0.39, 0.29) is 10.6 Å². The first-order valence-electron chi connectivity index (χ1n) is 4.98. The minimum atomic E-state index is -3.28. The molecule has 0 radical (unpaired) electrons. The predicted octanol–water partition coefficient (Wildman–Crippen LogP) is 2.24. The lowest BCUT2D eigenvalue weighted by Crippen LogP contribution is -2.34. The first-order chi connectivity index (χ1) is 7.21. The van der Waals surface area contributed by atoms with Gasteiger partial charge in [0.2, 0.25) is 0 Å². The molecule has 3 nitrogen and oxygen atoms in total. The molecule has 1 rings (SSSR count). The van der Waals surface area contributed by atoms with Crippen LogP contribution in [0, 0.1) is 0 Å². The zero-order valence-electron chi connectivity index (χ0n) is 9.40. The zero-order valence-corrected chi connectivity index (χ0v) is 11.0. The monoisotopic (exact) mass is 261 g/mol. The summed E-state index contributed by atoms with van der Waals surface area (Å²) in [7, 11) is -3.28. The van der Waals surface area contributed by atoms with Gasteiger partial charge >= 0.3 is 0 Å². The van der Waals surface area contributed by atoms with Crippen molar-refractivity contribution in [2.24, 2.45) is 5.73 Å². The lowest BCUT2D eigenvalue weighted by atomic mass is 10.0. The molecule has 0 aliphatic rings. The molecule has 1 aromatic rings. The lowest BCUT2D eigenvalue weighted by Gasteiger charge is -2.17. The Morgan fingerprint density at radius 1 is 1.38 bits per heavy atom. The van der Waals surface area contributed by atoms with Gasteiger partial charge in [0, 0.05) is 10.6 Å². The number of halogens is 1. The zero-order chi connectivity index (χ0) is 12.4. The average molecular weight is 262 g/mol. The minimum Gasteiger partial charge on any atom is -0.326 e. The van der Waals surface area contributed by atoms with Crippen LogP contribution in [0.1, 0.15) is 20.3 Å². The number of rotatable bonds is 4. The summed E-state index contributed by atoms with van der Waals surface area (Å²) in [5.41, 5.74) is 5.28. The Balaban J connectivity index is 2.87. The molecule has 0 spiro atoms. The van der Waals surface area contributed by atoms with E-state index < -0.39 is 15.4 Å². The minimum absolute atomic E-state index is 0.0385. The summed E-state index contributed by atoms with van der Waals surface area (Å²) in [5, 5.41) is 0.424. The average Bonchev–Trinajstić information content (AvgIpc) is 2.14. The summed E-state index contributed by atoms with van der Waals surface area (Å²) < 4.78 is 23.8. The summed E-state index contributed by atoms with van der Waals surface area (Å²) in [6.07, 6.45) is 0.418. The van der Waals surface area contributed by atoms with Crippen LogP contribution >= 0.6 is 11.6 Å². The second kappa shape index (κ2) is 4.73. The van der Waals surface area contributed by atoms with Crippen LogP contribution in [-0.2, 0) is 9.84 Å². The molecule has 0 aromatic heterocycles. The fraction of sp³-hybridized carbons (Fsp3) is 0.455. The largest absolute Gasteiger partial charge is 0.326 e. The molecule has 0 saturated carbocycles. The van der Waals surface area contributed by atoms with Crippen molar-refractivity contribution in [3.63, 3.8) is 0 Å². The molecule has 90 valence electrons. The molecule has 2 N–H and O–H groups in total. The number of hydrogen-bond donors (Lipinski definition) is 1. The first-order valence-corrected chi connectivity index (χ1v) is 7.01. The third-order valence-electron chi connectivity index (χ3n) is 2.17. The van der Waals surface area contributed by atoms with E-state index in [9.17, 15) is 8.42 Å². The van der Waals surface area contributed by atoms with E-state index in [2.05, 4.69) is 0 Å². The lowest BCUT2D eigenvalue weighted by molar-refractivity contribution is 0.495. The summed E-state index contributed by atoms with van der Waals surface area (Å²) in [5.74, 6) is 0.0385. The molecule has 0 aliphatic heterocycles. The number of benzene rings is 1. The summed E-state index contributed by atoms with van der Waals surface area (Å²) in [6.45, 7) is 3.61. The molecule has 1 aromatic carbocycles. The van der Waals surface area contributed by atoms with Crippen molar-refractivity contribution in [2.75, 3.05) is 5.75 Å². The van der Waals surface area contributed by atoms with Crippen LogP contribution in [-0.4, -0.2) is 19.7 Å². The van der Waals surface area contributed by atoms with E-state index in [0.29, 0.717) is 11.4 Å². The van der Waals surface area contributed by atoms with Gasteiger partial charge in [0.25, 0.3) is 0 Å². The Morgan fingerprint density at radius 3 is 2.50 bits per heavy atom. The maximum atomic E-state index is 11.9. The van der Waals surface area contributed by atoms with Crippen LogP contribution in [0.3, 0.4) is 0 Å². The molecule has 0 unspecified atom stereocenters. The van der Waals surface area contributed by atoms with Crippen LogP contribution in [0.15, 0.2) is 29.2 Å².